The number of aliphatic hydroxyl groups excluding tert-OH is 1. The summed E-state index contributed by atoms with van der Waals surface area (Å²) in [5, 5.41) is 19.9. The monoisotopic (exact) mass is 276 g/mol. The molecule has 112 valence electrons. The largest absolute Gasteiger partial charge is 0.481 e. The summed E-state index contributed by atoms with van der Waals surface area (Å²) in [6.07, 6.45) is 0.402. The molecule has 0 aliphatic heterocycles. The maximum absolute atomic E-state index is 11.8. The Morgan fingerprint density at radius 1 is 1.37 bits per heavy atom. The molecule has 0 radical (unpaired) electrons. The van der Waals surface area contributed by atoms with Crippen molar-refractivity contribution in [2.24, 2.45) is 5.92 Å². The Bertz CT molecular complexity index is 273. The van der Waals surface area contributed by atoms with Crippen molar-refractivity contribution in [3.63, 3.8) is 0 Å². The number of rotatable bonds is 10. The number of likely N-dealkylation sites (N-methyl/N-ethyl adjacent to an activating group) is 1. The van der Waals surface area contributed by atoms with Crippen molar-refractivity contribution in [3.8, 4) is 0 Å². The molecule has 0 saturated heterocycles. The van der Waals surface area contributed by atoms with Crippen molar-refractivity contribution in [1.82, 2.24) is 10.2 Å². The van der Waals surface area contributed by atoms with Crippen molar-refractivity contribution < 1.29 is 24.5 Å². The number of nitrogens with zero attached hydrogens (tertiary/aromatic N) is 1. The Balaban J connectivity index is 3.84. The molecule has 7 heteroatoms. The van der Waals surface area contributed by atoms with E-state index in [2.05, 4.69) is 5.32 Å². The molecule has 0 rings (SSSR count). The summed E-state index contributed by atoms with van der Waals surface area (Å²) < 4.78 is 5.09. The van der Waals surface area contributed by atoms with Gasteiger partial charge in [-0.3, -0.25) is 4.79 Å². The smallest absolute Gasteiger partial charge is 0.317 e. The van der Waals surface area contributed by atoms with E-state index in [0.29, 0.717) is 32.7 Å². The van der Waals surface area contributed by atoms with Gasteiger partial charge in [0.05, 0.1) is 25.7 Å². The van der Waals surface area contributed by atoms with Crippen molar-refractivity contribution in [2.45, 2.75) is 20.3 Å². The topological polar surface area (TPSA) is 99.1 Å². The number of carboxylic acid groups (broad SMARTS) is 1. The number of aliphatic hydroxyl groups is 1. The highest BCUT2D eigenvalue weighted by molar-refractivity contribution is 5.74. The fraction of sp³-hybridized carbons (Fsp3) is 0.833. The normalized spacial score (nSPS) is 11.9. The maximum Gasteiger partial charge on any atom is 0.317 e. The van der Waals surface area contributed by atoms with Crippen molar-refractivity contribution >= 4 is 12.0 Å². The maximum atomic E-state index is 11.8. The van der Waals surface area contributed by atoms with E-state index in [9.17, 15) is 9.59 Å². The van der Waals surface area contributed by atoms with Crippen LogP contribution in [0.25, 0.3) is 0 Å². The number of carbonyl (C=O) groups is 2. The van der Waals surface area contributed by atoms with Crippen LogP contribution < -0.4 is 5.32 Å². The zero-order valence-corrected chi connectivity index (χ0v) is 11.6. The molecule has 19 heavy (non-hydrogen) atoms. The third-order valence-corrected chi connectivity index (χ3v) is 2.69. The molecule has 0 heterocycles. The molecule has 0 aliphatic carbocycles. The van der Waals surface area contributed by atoms with Crippen LogP contribution >= 0.6 is 0 Å². The van der Waals surface area contributed by atoms with Gasteiger partial charge in [-0.2, -0.15) is 0 Å². The van der Waals surface area contributed by atoms with E-state index in [1.807, 2.05) is 6.92 Å². The van der Waals surface area contributed by atoms with Crippen LogP contribution in [0.1, 0.15) is 20.3 Å². The number of carbonyl (C=O) groups excluding carboxylic acids is 1. The number of aliphatic carboxylic acids is 1. The van der Waals surface area contributed by atoms with Gasteiger partial charge in [0.2, 0.25) is 0 Å². The number of carboxylic acids is 1. The molecule has 7 nitrogen and oxygen atoms in total. The van der Waals surface area contributed by atoms with E-state index in [1.54, 1.807) is 11.8 Å². The van der Waals surface area contributed by atoms with Gasteiger partial charge in [0.15, 0.2) is 0 Å². The highest BCUT2D eigenvalue weighted by Gasteiger charge is 2.13. The van der Waals surface area contributed by atoms with Crippen LogP contribution in [-0.2, 0) is 9.53 Å². The quantitative estimate of drug-likeness (QED) is 0.493. The molecular formula is C12H24N2O5. The molecule has 0 aromatic rings. The van der Waals surface area contributed by atoms with Gasteiger partial charge >= 0.3 is 12.0 Å². The van der Waals surface area contributed by atoms with Gasteiger partial charge in [-0.05, 0) is 13.3 Å². The van der Waals surface area contributed by atoms with E-state index in [4.69, 9.17) is 14.9 Å². The Hall–Kier alpha value is -1.34. The van der Waals surface area contributed by atoms with Crippen LogP contribution in [0.3, 0.4) is 0 Å². The number of amides is 2. The first kappa shape index (κ1) is 17.7. The van der Waals surface area contributed by atoms with Crippen molar-refractivity contribution in [3.05, 3.63) is 0 Å². The van der Waals surface area contributed by atoms with Crippen LogP contribution in [0, 0.1) is 5.92 Å². The van der Waals surface area contributed by atoms with Crippen LogP contribution in [0.2, 0.25) is 0 Å². The first-order valence-electron chi connectivity index (χ1n) is 6.47. The summed E-state index contributed by atoms with van der Waals surface area (Å²) in [7, 11) is 0. The lowest BCUT2D eigenvalue weighted by Crippen LogP contribution is -2.42. The number of ether oxygens (including phenoxy) is 1. The highest BCUT2D eigenvalue weighted by Crippen LogP contribution is 2.00. The molecule has 2 amide bonds. The van der Waals surface area contributed by atoms with Crippen molar-refractivity contribution in [2.75, 3.05) is 39.5 Å². The van der Waals surface area contributed by atoms with E-state index in [0.717, 1.165) is 0 Å². The van der Waals surface area contributed by atoms with Gasteiger partial charge < -0.3 is 25.2 Å². The molecular weight excluding hydrogens is 252 g/mol. The third-order valence-electron chi connectivity index (χ3n) is 2.69. The van der Waals surface area contributed by atoms with E-state index in [1.165, 1.54) is 0 Å². The Labute approximate surface area is 113 Å². The molecule has 0 aromatic carbocycles. The van der Waals surface area contributed by atoms with Gasteiger partial charge in [-0.25, -0.2) is 4.79 Å². The van der Waals surface area contributed by atoms with Crippen LogP contribution in [0.15, 0.2) is 0 Å². The van der Waals surface area contributed by atoms with Gasteiger partial charge in [-0.1, -0.05) is 6.92 Å². The molecule has 0 saturated carbocycles. The predicted octanol–water partition coefficient (Wildman–Crippen LogP) is 0.138. The average Bonchev–Trinajstić information content (AvgIpc) is 2.38. The van der Waals surface area contributed by atoms with Crippen LogP contribution in [0.4, 0.5) is 4.79 Å². The molecule has 1 atom stereocenters. The minimum absolute atomic E-state index is 0.0363. The van der Waals surface area contributed by atoms with E-state index in [-0.39, 0.29) is 19.2 Å². The van der Waals surface area contributed by atoms with E-state index < -0.39 is 11.9 Å². The Kier molecular flexibility index (Phi) is 9.82. The third kappa shape index (κ3) is 8.39. The SMILES string of the molecule is CCN(CCOCCO)C(=O)NCCC(C)C(=O)O. The molecule has 1 unspecified atom stereocenters. The molecule has 3 N–H and O–H groups in total. The molecule has 0 fully saturated rings. The molecule has 0 aliphatic rings. The minimum Gasteiger partial charge on any atom is -0.481 e. The summed E-state index contributed by atoms with van der Waals surface area (Å²) in [6.45, 7) is 5.37. The lowest BCUT2D eigenvalue weighted by Gasteiger charge is -2.21. The number of urea groups is 1. The van der Waals surface area contributed by atoms with E-state index >= 15 is 0 Å². The second-order valence-electron chi connectivity index (χ2n) is 4.18. The lowest BCUT2D eigenvalue weighted by molar-refractivity contribution is -0.141. The van der Waals surface area contributed by atoms with Crippen LogP contribution in [-0.4, -0.2) is 66.6 Å². The summed E-state index contributed by atoms with van der Waals surface area (Å²) in [5.41, 5.74) is 0. The first-order valence-corrected chi connectivity index (χ1v) is 6.47. The standard InChI is InChI=1S/C12H24N2O5/c1-3-14(6-8-19-9-7-15)12(18)13-5-4-10(2)11(16)17/h10,15H,3-9H2,1-2H3,(H,13,18)(H,16,17). The van der Waals surface area contributed by atoms with Gasteiger partial charge in [0.1, 0.15) is 0 Å². The zero-order chi connectivity index (χ0) is 14.7. The molecule has 0 aromatic heterocycles. The average molecular weight is 276 g/mol. The zero-order valence-electron chi connectivity index (χ0n) is 11.6. The fourth-order valence-corrected chi connectivity index (χ4v) is 1.38. The van der Waals surface area contributed by atoms with Gasteiger partial charge in [0.25, 0.3) is 0 Å². The van der Waals surface area contributed by atoms with Crippen LogP contribution in [0.5, 0.6) is 0 Å². The van der Waals surface area contributed by atoms with Gasteiger partial charge in [-0.15, -0.1) is 0 Å². The highest BCUT2D eigenvalue weighted by atomic mass is 16.5. The minimum atomic E-state index is -0.862. The second kappa shape index (κ2) is 10.6. The van der Waals surface area contributed by atoms with Crippen molar-refractivity contribution in [1.29, 1.82) is 0 Å². The summed E-state index contributed by atoms with van der Waals surface area (Å²) in [5.74, 6) is -1.33. The summed E-state index contributed by atoms with van der Waals surface area (Å²) in [6, 6.07) is -0.229. The van der Waals surface area contributed by atoms with Gasteiger partial charge in [0, 0.05) is 19.6 Å². The lowest BCUT2D eigenvalue weighted by atomic mass is 10.1. The Morgan fingerprint density at radius 2 is 2.05 bits per heavy atom. The first-order chi connectivity index (χ1) is 9.02. The predicted molar refractivity (Wildman–Crippen MR) is 70.0 cm³/mol. The number of hydrogen-bond donors (Lipinski definition) is 3. The molecule has 0 spiro atoms. The fourth-order valence-electron chi connectivity index (χ4n) is 1.38. The number of hydrogen-bond acceptors (Lipinski definition) is 4. The second-order valence-corrected chi connectivity index (χ2v) is 4.18. The summed E-state index contributed by atoms with van der Waals surface area (Å²) in [4.78, 5) is 23.9. The Morgan fingerprint density at radius 3 is 2.58 bits per heavy atom. The summed E-state index contributed by atoms with van der Waals surface area (Å²) >= 11 is 0. The number of nitrogens with one attached hydrogen (secondary N) is 1. The molecule has 0 bridgehead atoms.